The third-order valence-corrected chi connectivity index (χ3v) is 5.00. The Morgan fingerprint density at radius 3 is 2.75 bits per heavy atom. The Morgan fingerprint density at radius 2 is 1.96 bits per heavy atom. The monoisotopic (exact) mass is 380 g/mol. The number of ether oxygens (including phenoxy) is 1. The van der Waals surface area contributed by atoms with Crippen LogP contribution in [0.1, 0.15) is 44.0 Å². The molecule has 0 unspecified atom stereocenters. The molecule has 0 aliphatic rings. The maximum absolute atomic E-state index is 11.2. The van der Waals surface area contributed by atoms with E-state index in [2.05, 4.69) is 39.6 Å². The molecule has 0 bridgehead atoms. The van der Waals surface area contributed by atoms with E-state index in [0.717, 1.165) is 59.3 Å². The molecule has 0 fully saturated rings. The van der Waals surface area contributed by atoms with Crippen molar-refractivity contribution >= 4 is 16.7 Å². The van der Waals surface area contributed by atoms with Gasteiger partial charge in [-0.15, -0.1) is 0 Å². The van der Waals surface area contributed by atoms with E-state index in [9.17, 15) is 4.79 Å². The SMILES string of the molecule is CNC(=O)CCCCC[C@H](N)c1ncc(-c2ccc3cc(OC)ccc3c2)[nH]1. The molecule has 0 saturated heterocycles. The van der Waals surface area contributed by atoms with Gasteiger partial charge < -0.3 is 20.8 Å². The lowest BCUT2D eigenvalue weighted by Crippen LogP contribution is -2.17. The molecule has 3 rings (SSSR count). The normalized spacial score (nSPS) is 12.1. The molecule has 28 heavy (non-hydrogen) atoms. The van der Waals surface area contributed by atoms with Gasteiger partial charge in [0.05, 0.1) is 25.0 Å². The third kappa shape index (κ3) is 4.89. The average Bonchev–Trinajstić information content (AvgIpc) is 3.22. The zero-order chi connectivity index (χ0) is 19.9. The highest BCUT2D eigenvalue weighted by Gasteiger charge is 2.11. The minimum Gasteiger partial charge on any atom is -0.497 e. The van der Waals surface area contributed by atoms with Gasteiger partial charge >= 0.3 is 0 Å². The Hall–Kier alpha value is -2.86. The van der Waals surface area contributed by atoms with E-state index in [1.807, 2.05) is 18.3 Å². The number of imidazole rings is 1. The van der Waals surface area contributed by atoms with Crippen LogP contribution in [-0.4, -0.2) is 30.0 Å². The number of aromatic amines is 1. The van der Waals surface area contributed by atoms with Crippen molar-refractivity contribution in [1.82, 2.24) is 15.3 Å². The summed E-state index contributed by atoms with van der Waals surface area (Å²) in [5.74, 6) is 1.75. The second-order valence-electron chi connectivity index (χ2n) is 6.99. The summed E-state index contributed by atoms with van der Waals surface area (Å²) in [5.41, 5.74) is 8.33. The van der Waals surface area contributed by atoms with Crippen molar-refractivity contribution < 1.29 is 9.53 Å². The number of rotatable bonds is 9. The lowest BCUT2D eigenvalue weighted by atomic mass is 10.1. The molecule has 148 valence electrons. The molecule has 0 spiro atoms. The number of amides is 1. The van der Waals surface area contributed by atoms with E-state index >= 15 is 0 Å². The number of carbonyl (C=O) groups is 1. The van der Waals surface area contributed by atoms with E-state index in [-0.39, 0.29) is 11.9 Å². The van der Waals surface area contributed by atoms with Crippen molar-refractivity contribution in [3.8, 4) is 17.0 Å². The first kappa shape index (κ1) is 19.9. The summed E-state index contributed by atoms with van der Waals surface area (Å²) in [4.78, 5) is 19.1. The van der Waals surface area contributed by atoms with Crippen molar-refractivity contribution in [3.05, 3.63) is 48.4 Å². The zero-order valence-corrected chi connectivity index (χ0v) is 16.5. The molecule has 4 N–H and O–H groups in total. The summed E-state index contributed by atoms with van der Waals surface area (Å²) in [6.45, 7) is 0. The Labute approximate surface area is 165 Å². The largest absolute Gasteiger partial charge is 0.497 e. The number of hydrogen-bond donors (Lipinski definition) is 3. The molecule has 1 aromatic heterocycles. The van der Waals surface area contributed by atoms with Gasteiger partial charge in [-0.05, 0) is 41.8 Å². The maximum atomic E-state index is 11.2. The smallest absolute Gasteiger partial charge is 0.219 e. The molecule has 0 radical (unpaired) electrons. The number of fused-ring (bicyclic) bond motifs is 1. The van der Waals surface area contributed by atoms with E-state index < -0.39 is 0 Å². The summed E-state index contributed by atoms with van der Waals surface area (Å²) >= 11 is 0. The number of benzene rings is 2. The average molecular weight is 380 g/mol. The highest BCUT2D eigenvalue weighted by atomic mass is 16.5. The molecule has 0 aliphatic heterocycles. The van der Waals surface area contributed by atoms with Crippen LogP contribution < -0.4 is 15.8 Å². The molecule has 1 amide bonds. The Balaban J connectivity index is 1.60. The first-order chi connectivity index (χ1) is 13.6. The summed E-state index contributed by atoms with van der Waals surface area (Å²) in [6, 6.07) is 12.2. The number of unbranched alkanes of at least 4 members (excludes halogenated alkanes) is 2. The molecular weight excluding hydrogens is 352 g/mol. The van der Waals surface area contributed by atoms with E-state index in [1.54, 1.807) is 14.2 Å². The second kappa shape index (κ2) is 9.37. The second-order valence-corrected chi connectivity index (χ2v) is 6.99. The van der Waals surface area contributed by atoms with Gasteiger partial charge in [-0.3, -0.25) is 4.79 Å². The predicted molar refractivity (Wildman–Crippen MR) is 112 cm³/mol. The number of carbonyl (C=O) groups excluding carboxylic acids is 1. The first-order valence-electron chi connectivity index (χ1n) is 9.70. The van der Waals surface area contributed by atoms with Crippen molar-refractivity contribution in [3.63, 3.8) is 0 Å². The van der Waals surface area contributed by atoms with Gasteiger partial charge in [0.2, 0.25) is 5.91 Å². The van der Waals surface area contributed by atoms with Gasteiger partial charge in [0, 0.05) is 19.0 Å². The fraction of sp³-hybridized carbons (Fsp3) is 0.364. The Bertz CT molecular complexity index is 935. The number of methoxy groups -OCH3 is 1. The van der Waals surface area contributed by atoms with Crippen LogP contribution in [-0.2, 0) is 4.79 Å². The number of nitrogens with one attached hydrogen (secondary N) is 2. The van der Waals surface area contributed by atoms with Gasteiger partial charge in [0.1, 0.15) is 11.6 Å². The molecule has 1 heterocycles. The van der Waals surface area contributed by atoms with Crippen LogP contribution in [0.15, 0.2) is 42.6 Å². The summed E-state index contributed by atoms with van der Waals surface area (Å²) in [6.07, 6.45) is 6.11. The fourth-order valence-corrected chi connectivity index (χ4v) is 3.28. The van der Waals surface area contributed by atoms with Crippen LogP contribution in [0.25, 0.3) is 22.0 Å². The molecule has 0 saturated carbocycles. The molecular formula is C22H28N4O2. The van der Waals surface area contributed by atoms with E-state index in [1.165, 1.54) is 0 Å². The van der Waals surface area contributed by atoms with Crippen LogP contribution in [0.5, 0.6) is 5.75 Å². The third-order valence-electron chi connectivity index (χ3n) is 5.00. The summed E-state index contributed by atoms with van der Waals surface area (Å²) in [7, 11) is 3.34. The zero-order valence-electron chi connectivity index (χ0n) is 16.5. The molecule has 6 nitrogen and oxygen atoms in total. The first-order valence-corrected chi connectivity index (χ1v) is 9.70. The quantitative estimate of drug-likeness (QED) is 0.490. The molecule has 2 aromatic carbocycles. The minimum atomic E-state index is -0.126. The number of H-pyrrole nitrogens is 1. The van der Waals surface area contributed by atoms with Crippen LogP contribution in [0.2, 0.25) is 0 Å². The Kier molecular flexibility index (Phi) is 6.66. The highest BCUT2D eigenvalue weighted by Crippen LogP contribution is 2.27. The number of hydrogen-bond acceptors (Lipinski definition) is 4. The van der Waals surface area contributed by atoms with Gasteiger partial charge in [-0.25, -0.2) is 4.98 Å². The molecule has 0 aliphatic carbocycles. The highest BCUT2D eigenvalue weighted by molar-refractivity contribution is 5.87. The lowest BCUT2D eigenvalue weighted by molar-refractivity contribution is -0.120. The molecule has 3 aromatic rings. The van der Waals surface area contributed by atoms with Gasteiger partial charge in [-0.1, -0.05) is 31.0 Å². The standard InChI is InChI=1S/C22H28N4O2/c1-24-21(27)7-5-3-4-6-19(23)22-25-14-20(26-22)17-9-8-16-13-18(28-2)11-10-15(16)12-17/h8-14,19H,3-7,23H2,1-2H3,(H,24,27)(H,25,26)/t19-/m0/s1. The van der Waals surface area contributed by atoms with E-state index in [4.69, 9.17) is 10.5 Å². The van der Waals surface area contributed by atoms with Crippen LogP contribution in [0.4, 0.5) is 0 Å². The number of aromatic nitrogens is 2. The van der Waals surface area contributed by atoms with Crippen molar-refractivity contribution in [2.24, 2.45) is 5.73 Å². The fourth-order valence-electron chi connectivity index (χ4n) is 3.28. The lowest BCUT2D eigenvalue weighted by Gasteiger charge is -2.08. The van der Waals surface area contributed by atoms with Gasteiger partial charge in [-0.2, -0.15) is 0 Å². The topological polar surface area (TPSA) is 93.0 Å². The van der Waals surface area contributed by atoms with Crippen LogP contribution >= 0.6 is 0 Å². The van der Waals surface area contributed by atoms with E-state index in [0.29, 0.717) is 6.42 Å². The van der Waals surface area contributed by atoms with Gasteiger partial charge in [0.25, 0.3) is 0 Å². The number of nitrogens with zero attached hydrogens (tertiary/aromatic N) is 1. The van der Waals surface area contributed by atoms with Gasteiger partial charge in [0.15, 0.2) is 0 Å². The minimum absolute atomic E-state index is 0.0915. The predicted octanol–water partition coefficient (Wildman–Crippen LogP) is 3.93. The van der Waals surface area contributed by atoms with Crippen LogP contribution in [0, 0.1) is 0 Å². The maximum Gasteiger partial charge on any atom is 0.219 e. The van der Waals surface area contributed by atoms with Crippen molar-refractivity contribution in [1.29, 1.82) is 0 Å². The molecule has 6 heteroatoms. The Morgan fingerprint density at radius 1 is 1.18 bits per heavy atom. The van der Waals surface area contributed by atoms with Crippen molar-refractivity contribution in [2.45, 2.75) is 38.1 Å². The summed E-state index contributed by atoms with van der Waals surface area (Å²) in [5, 5.41) is 4.92. The van der Waals surface area contributed by atoms with Crippen LogP contribution in [0.3, 0.4) is 0 Å². The van der Waals surface area contributed by atoms with Crippen molar-refractivity contribution in [2.75, 3.05) is 14.2 Å². The summed E-state index contributed by atoms with van der Waals surface area (Å²) < 4.78 is 5.28. The molecule has 1 atom stereocenters. The number of nitrogens with two attached hydrogens (primary N) is 1.